The van der Waals surface area contributed by atoms with Gasteiger partial charge in [-0.2, -0.15) is 0 Å². The summed E-state index contributed by atoms with van der Waals surface area (Å²) in [6, 6.07) is 21.0. The molecule has 162 valence electrons. The van der Waals surface area contributed by atoms with E-state index in [9.17, 15) is 0 Å². The van der Waals surface area contributed by atoms with Crippen LogP contribution in [-0.2, 0) is 22.7 Å². The van der Waals surface area contributed by atoms with Crippen molar-refractivity contribution < 1.29 is 24.9 Å². The zero-order valence-corrected chi connectivity index (χ0v) is 17.5. The van der Waals surface area contributed by atoms with Gasteiger partial charge in [-0.05, 0) is 18.1 Å². The lowest BCUT2D eigenvalue weighted by Gasteiger charge is -2.06. The molecule has 0 amide bonds. The molecule has 5 N–H and O–H groups in total. The molecule has 0 aromatic heterocycles. The number of rotatable bonds is 7. The highest BCUT2D eigenvalue weighted by Gasteiger charge is 1.92. The molecule has 0 heterocycles. The van der Waals surface area contributed by atoms with Gasteiger partial charge in [0.05, 0.1) is 0 Å². The monoisotopic (exact) mass is 406 g/mol. The lowest BCUT2D eigenvalue weighted by atomic mass is 10.2. The zero-order chi connectivity index (χ0) is 22.3. The van der Waals surface area contributed by atoms with E-state index in [-0.39, 0.29) is 6.61 Å². The minimum Gasteiger partial charge on any atom is -0.481 e. The van der Waals surface area contributed by atoms with Gasteiger partial charge in [-0.3, -0.25) is 9.59 Å². The fourth-order valence-corrected chi connectivity index (χ4v) is 1.83. The lowest BCUT2D eigenvalue weighted by molar-refractivity contribution is -0.135. The molecule has 0 aliphatic rings. The van der Waals surface area contributed by atoms with Gasteiger partial charge in [0.2, 0.25) is 0 Å². The van der Waals surface area contributed by atoms with Crippen LogP contribution in [0.2, 0.25) is 0 Å². The van der Waals surface area contributed by atoms with Gasteiger partial charge in [0.1, 0.15) is 0 Å². The van der Waals surface area contributed by atoms with E-state index in [1.54, 1.807) is 6.92 Å². The molecule has 0 aliphatic heterocycles. The molecule has 2 rings (SSSR count). The molecule has 0 bridgehead atoms. The van der Waals surface area contributed by atoms with Crippen LogP contribution in [0.4, 0.5) is 0 Å². The second kappa shape index (κ2) is 21.6. The molecule has 0 unspecified atom stereocenters. The highest BCUT2D eigenvalue weighted by atomic mass is 16.4. The Morgan fingerprint density at radius 1 is 0.724 bits per heavy atom. The van der Waals surface area contributed by atoms with Crippen LogP contribution in [0.3, 0.4) is 0 Å². The number of hydrogen-bond donors (Lipinski definition) is 5. The van der Waals surface area contributed by atoms with Crippen LogP contribution in [0.15, 0.2) is 60.7 Å². The number of aliphatic hydroxyl groups excluding tert-OH is 1. The SMILES string of the molecule is CC(=O)O.CC(=O)O.CCO.c1ccc(CNCCNCc2ccccc2)cc1. The van der Waals surface area contributed by atoms with Crippen molar-refractivity contribution in [3.63, 3.8) is 0 Å². The highest BCUT2D eigenvalue weighted by Crippen LogP contribution is 1.97. The van der Waals surface area contributed by atoms with Gasteiger partial charge in [0.15, 0.2) is 0 Å². The third-order valence-electron chi connectivity index (χ3n) is 2.82. The third kappa shape index (κ3) is 27.6. The number of nitrogens with one attached hydrogen (secondary N) is 2. The van der Waals surface area contributed by atoms with Gasteiger partial charge in [-0.1, -0.05) is 60.7 Å². The molecule has 2 aromatic rings. The average molecular weight is 407 g/mol. The number of benzene rings is 2. The maximum Gasteiger partial charge on any atom is 0.300 e. The minimum atomic E-state index is -0.833. The summed E-state index contributed by atoms with van der Waals surface area (Å²) in [7, 11) is 0. The summed E-state index contributed by atoms with van der Waals surface area (Å²) in [5.74, 6) is -1.67. The first-order chi connectivity index (χ1) is 13.8. The Hall–Kier alpha value is -2.74. The molecule has 0 spiro atoms. The van der Waals surface area contributed by atoms with Crippen molar-refractivity contribution in [1.29, 1.82) is 0 Å². The smallest absolute Gasteiger partial charge is 0.300 e. The minimum absolute atomic E-state index is 0.250. The van der Waals surface area contributed by atoms with Crippen LogP contribution in [0.5, 0.6) is 0 Å². The zero-order valence-electron chi connectivity index (χ0n) is 17.5. The predicted molar refractivity (Wildman–Crippen MR) is 116 cm³/mol. The first-order valence-electron chi connectivity index (χ1n) is 9.32. The quantitative estimate of drug-likeness (QED) is 0.449. The Bertz CT molecular complexity index is 558. The number of aliphatic hydroxyl groups is 1. The summed E-state index contributed by atoms with van der Waals surface area (Å²) in [6.07, 6.45) is 0. The molecule has 2 aromatic carbocycles. The first-order valence-corrected chi connectivity index (χ1v) is 9.32. The Kier molecular flexibility index (Phi) is 21.2. The molecule has 0 fully saturated rings. The molecular formula is C22H34N2O5. The van der Waals surface area contributed by atoms with Gasteiger partial charge < -0.3 is 26.0 Å². The fraction of sp³-hybridized carbons (Fsp3) is 0.364. The van der Waals surface area contributed by atoms with Crippen LogP contribution >= 0.6 is 0 Å². The molecule has 0 radical (unpaired) electrons. The fourth-order valence-electron chi connectivity index (χ4n) is 1.83. The van der Waals surface area contributed by atoms with Crippen LogP contribution in [0.25, 0.3) is 0 Å². The summed E-state index contributed by atoms with van der Waals surface area (Å²) in [4.78, 5) is 18.0. The normalized spacial score (nSPS) is 8.83. The Morgan fingerprint density at radius 2 is 0.966 bits per heavy atom. The Balaban J connectivity index is 0. The molecule has 7 nitrogen and oxygen atoms in total. The van der Waals surface area contributed by atoms with E-state index in [0.717, 1.165) is 40.0 Å². The second-order valence-electron chi connectivity index (χ2n) is 5.68. The first kappa shape index (κ1) is 28.5. The van der Waals surface area contributed by atoms with Crippen molar-refractivity contribution in [2.75, 3.05) is 19.7 Å². The predicted octanol–water partition coefficient (Wildman–Crippen LogP) is 2.75. The molecular weight excluding hydrogens is 372 g/mol. The summed E-state index contributed by atoms with van der Waals surface area (Å²) < 4.78 is 0. The maximum absolute atomic E-state index is 9.00. The summed E-state index contributed by atoms with van der Waals surface area (Å²) in [5, 5.41) is 29.3. The Morgan fingerprint density at radius 3 is 1.21 bits per heavy atom. The maximum atomic E-state index is 9.00. The van der Waals surface area contributed by atoms with Crippen molar-refractivity contribution in [2.45, 2.75) is 33.9 Å². The topological polar surface area (TPSA) is 119 Å². The van der Waals surface area contributed by atoms with Crippen molar-refractivity contribution in [3.8, 4) is 0 Å². The number of aliphatic carboxylic acids is 2. The molecule has 7 heteroatoms. The summed E-state index contributed by atoms with van der Waals surface area (Å²) >= 11 is 0. The number of carboxylic acids is 2. The average Bonchev–Trinajstić information content (AvgIpc) is 2.66. The number of carbonyl (C=O) groups is 2. The van der Waals surface area contributed by atoms with E-state index in [2.05, 4.69) is 59.2 Å². The molecule has 0 saturated heterocycles. The third-order valence-corrected chi connectivity index (χ3v) is 2.82. The van der Waals surface area contributed by atoms with Crippen molar-refractivity contribution in [1.82, 2.24) is 10.6 Å². The second-order valence-corrected chi connectivity index (χ2v) is 5.68. The van der Waals surface area contributed by atoms with Gasteiger partial charge in [-0.25, -0.2) is 0 Å². The van der Waals surface area contributed by atoms with E-state index in [1.165, 1.54) is 11.1 Å². The summed E-state index contributed by atoms with van der Waals surface area (Å²) in [6.45, 7) is 7.95. The van der Waals surface area contributed by atoms with E-state index in [0.29, 0.717) is 0 Å². The van der Waals surface area contributed by atoms with Crippen LogP contribution in [0, 0.1) is 0 Å². The number of carboxylic acid groups (broad SMARTS) is 2. The number of hydrogen-bond acceptors (Lipinski definition) is 5. The van der Waals surface area contributed by atoms with Gasteiger partial charge in [-0.15, -0.1) is 0 Å². The molecule has 0 aliphatic carbocycles. The van der Waals surface area contributed by atoms with Crippen LogP contribution < -0.4 is 10.6 Å². The van der Waals surface area contributed by atoms with Crippen molar-refractivity contribution in [3.05, 3.63) is 71.8 Å². The van der Waals surface area contributed by atoms with Crippen molar-refractivity contribution in [2.24, 2.45) is 0 Å². The van der Waals surface area contributed by atoms with E-state index in [1.807, 2.05) is 12.1 Å². The molecule has 29 heavy (non-hydrogen) atoms. The largest absolute Gasteiger partial charge is 0.481 e. The molecule has 0 saturated carbocycles. The van der Waals surface area contributed by atoms with E-state index < -0.39 is 11.9 Å². The van der Waals surface area contributed by atoms with Gasteiger partial charge >= 0.3 is 0 Å². The molecule has 0 atom stereocenters. The van der Waals surface area contributed by atoms with Crippen molar-refractivity contribution >= 4 is 11.9 Å². The lowest BCUT2D eigenvalue weighted by Crippen LogP contribution is -2.26. The van der Waals surface area contributed by atoms with Crippen LogP contribution in [-0.4, -0.2) is 47.0 Å². The van der Waals surface area contributed by atoms with Gasteiger partial charge in [0, 0.05) is 46.6 Å². The summed E-state index contributed by atoms with van der Waals surface area (Å²) in [5.41, 5.74) is 2.67. The van der Waals surface area contributed by atoms with E-state index >= 15 is 0 Å². The standard InChI is InChI=1S/C16H20N2.2C2H4O2.C2H6O/c1-3-7-15(8-4-1)13-17-11-12-18-14-16-9-5-2-6-10-16;2*1-2(3)4;1-2-3/h1-10,17-18H,11-14H2;2*1H3,(H,3,4);3H,2H2,1H3. The van der Waals surface area contributed by atoms with Gasteiger partial charge in [0.25, 0.3) is 11.9 Å². The Labute approximate surface area is 173 Å². The van der Waals surface area contributed by atoms with Crippen LogP contribution in [0.1, 0.15) is 31.9 Å². The van der Waals surface area contributed by atoms with E-state index in [4.69, 9.17) is 24.9 Å². The highest BCUT2D eigenvalue weighted by molar-refractivity contribution is 5.63.